The minimum atomic E-state index is -0.567. The molecule has 5 nitrogen and oxygen atoms in total. The summed E-state index contributed by atoms with van der Waals surface area (Å²) in [5.41, 5.74) is 1.09. The third-order valence-electron chi connectivity index (χ3n) is 2.05. The van der Waals surface area contributed by atoms with E-state index in [9.17, 15) is 9.59 Å². The van der Waals surface area contributed by atoms with Crippen LogP contribution in [0.5, 0.6) is 0 Å². The van der Waals surface area contributed by atoms with Gasteiger partial charge in [0.2, 0.25) is 11.8 Å². The molecule has 0 saturated heterocycles. The molecule has 1 aliphatic rings. The highest BCUT2D eigenvalue weighted by atomic mass is 32.2. The van der Waals surface area contributed by atoms with Crippen molar-refractivity contribution in [1.82, 2.24) is 10.3 Å². The van der Waals surface area contributed by atoms with E-state index in [1.54, 1.807) is 0 Å². The fraction of sp³-hybridized carbons (Fsp3) is 0.545. The summed E-state index contributed by atoms with van der Waals surface area (Å²) < 4.78 is 0. The number of carbonyl (C=O) groups is 2. The minimum absolute atomic E-state index is 0.155. The number of rotatable bonds is 1. The van der Waals surface area contributed by atoms with Crippen LogP contribution in [-0.4, -0.2) is 26.9 Å². The number of hydrogen-bond acceptors (Lipinski definition) is 4. The van der Waals surface area contributed by atoms with Crippen molar-refractivity contribution in [2.75, 3.05) is 0 Å². The van der Waals surface area contributed by atoms with Crippen LogP contribution in [0.25, 0.3) is 0 Å². The van der Waals surface area contributed by atoms with Crippen LogP contribution in [0.3, 0.4) is 0 Å². The largest absolute Gasteiger partial charge is 0.304 e. The first-order valence-electron chi connectivity index (χ1n) is 5.26. The van der Waals surface area contributed by atoms with Crippen molar-refractivity contribution < 1.29 is 9.59 Å². The van der Waals surface area contributed by atoms with Gasteiger partial charge in [0.25, 0.3) is 0 Å². The molecule has 1 N–H and O–H groups in total. The molecule has 6 heteroatoms. The normalized spacial score (nSPS) is 23.1. The van der Waals surface area contributed by atoms with Gasteiger partial charge in [0.1, 0.15) is 4.87 Å². The number of hydrogen-bond donors (Lipinski definition) is 1. The van der Waals surface area contributed by atoms with Crippen LogP contribution < -0.4 is 5.32 Å². The predicted molar refractivity (Wildman–Crippen MR) is 69.2 cm³/mol. The summed E-state index contributed by atoms with van der Waals surface area (Å²) in [5.74, 6) is -0.348. The fourth-order valence-corrected chi connectivity index (χ4v) is 2.92. The lowest BCUT2D eigenvalue weighted by Gasteiger charge is -2.27. The molecule has 0 unspecified atom stereocenters. The molecule has 0 aromatic rings. The van der Waals surface area contributed by atoms with Gasteiger partial charge in [0, 0.05) is 13.8 Å². The summed E-state index contributed by atoms with van der Waals surface area (Å²) in [4.78, 5) is 22.0. The van der Waals surface area contributed by atoms with Crippen molar-refractivity contribution in [2.24, 2.45) is 5.10 Å². The van der Waals surface area contributed by atoms with E-state index in [1.165, 1.54) is 30.6 Å². The van der Waals surface area contributed by atoms with Gasteiger partial charge in [-0.05, 0) is 26.8 Å². The third kappa shape index (κ3) is 3.33. The van der Waals surface area contributed by atoms with Crippen molar-refractivity contribution >= 4 is 28.7 Å². The Morgan fingerprint density at radius 3 is 2.35 bits per heavy atom. The maximum absolute atomic E-state index is 11.5. The monoisotopic (exact) mass is 255 g/mol. The van der Waals surface area contributed by atoms with Gasteiger partial charge in [-0.25, -0.2) is 5.01 Å². The molecule has 0 radical (unpaired) electrons. The highest BCUT2D eigenvalue weighted by molar-refractivity contribution is 8.15. The van der Waals surface area contributed by atoms with Crippen LogP contribution in [0, 0.1) is 0 Å². The van der Waals surface area contributed by atoms with Crippen LogP contribution in [-0.2, 0) is 9.59 Å². The van der Waals surface area contributed by atoms with E-state index in [1.807, 2.05) is 26.8 Å². The molecule has 17 heavy (non-hydrogen) atoms. The van der Waals surface area contributed by atoms with Gasteiger partial charge < -0.3 is 5.32 Å². The smallest absolute Gasteiger partial charge is 0.241 e. The Morgan fingerprint density at radius 2 is 1.94 bits per heavy atom. The molecule has 0 saturated carbocycles. The topological polar surface area (TPSA) is 61.8 Å². The van der Waals surface area contributed by atoms with Crippen molar-refractivity contribution in [3.8, 4) is 0 Å². The van der Waals surface area contributed by atoms with E-state index in [0.29, 0.717) is 5.17 Å². The van der Waals surface area contributed by atoms with E-state index in [0.717, 1.165) is 5.57 Å². The van der Waals surface area contributed by atoms with E-state index in [4.69, 9.17) is 0 Å². The maximum atomic E-state index is 11.5. The quantitative estimate of drug-likeness (QED) is 0.725. The zero-order valence-corrected chi connectivity index (χ0v) is 11.5. The van der Waals surface area contributed by atoms with E-state index >= 15 is 0 Å². The number of nitrogens with zero attached hydrogens (tertiary/aromatic N) is 2. The van der Waals surface area contributed by atoms with Crippen molar-refractivity contribution in [3.05, 3.63) is 11.6 Å². The SMILES string of the molecule is CC(=O)NC1=NN(C(C)=O)[C@@](C)(C=C(C)C)S1. The Morgan fingerprint density at radius 1 is 1.35 bits per heavy atom. The molecule has 0 aromatic heterocycles. The molecule has 0 bridgehead atoms. The van der Waals surface area contributed by atoms with Crippen molar-refractivity contribution in [1.29, 1.82) is 0 Å². The minimum Gasteiger partial charge on any atom is -0.304 e. The molecule has 1 heterocycles. The van der Waals surface area contributed by atoms with Gasteiger partial charge in [-0.15, -0.1) is 5.10 Å². The van der Waals surface area contributed by atoms with Crippen LogP contribution in [0.15, 0.2) is 16.8 Å². The van der Waals surface area contributed by atoms with Gasteiger partial charge >= 0.3 is 0 Å². The Hall–Kier alpha value is -1.30. The number of amides is 2. The number of carbonyl (C=O) groups excluding carboxylic acids is 2. The van der Waals surface area contributed by atoms with E-state index in [2.05, 4.69) is 10.4 Å². The molecular weight excluding hydrogens is 238 g/mol. The highest BCUT2D eigenvalue weighted by Crippen LogP contribution is 2.38. The first-order chi connectivity index (χ1) is 7.74. The van der Waals surface area contributed by atoms with Crippen LogP contribution in [0.4, 0.5) is 0 Å². The second kappa shape index (κ2) is 4.91. The lowest BCUT2D eigenvalue weighted by atomic mass is 10.2. The molecule has 1 aliphatic heterocycles. The highest BCUT2D eigenvalue weighted by Gasteiger charge is 2.40. The standard InChI is InChI=1S/C11H17N3O2S/c1-7(2)6-11(5)14(9(4)16)13-10(17-11)12-8(3)15/h6H,1-5H3,(H,12,13,15)/t11-/m1/s1. The number of nitrogens with one attached hydrogen (secondary N) is 1. The zero-order chi connectivity index (χ0) is 13.2. The van der Waals surface area contributed by atoms with Crippen LogP contribution in [0.2, 0.25) is 0 Å². The van der Waals surface area contributed by atoms with Gasteiger partial charge in [-0.3, -0.25) is 9.59 Å². The van der Waals surface area contributed by atoms with E-state index < -0.39 is 4.87 Å². The van der Waals surface area contributed by atoms with Crippen molar-refractivity contribution in [2.45, 2.75) is 39.5 Å². The average Bonchev–Trinajstić information content (AvgIpc) is 2.39. The first kappa shape index (κ1) is 13.8. The fourth-order valence-electron chi connectivity index (χ4n) is 1.66. The van der Waals surface area contributed by atoms with Crippen LogP contribution >= 0.6 is 11.8 Å². The van der Waals surface area contributed by atoms with Gasteiger partial charge in [0.05, 0.1) is 0 Å². The van der Waals surface area contributed by atoms with Gasteiger partial charge in [0.15, 0.2) is 5.17 Å². The number of amidine groups is 1. The molecule has 2 amide bonds. The molecule has 94 valence electrons. The molecule has 0 fully saturated rings. The summed E-state index contributed by atoms with van der Waals surface area (Å²) in [6.45, 7) is 8.68. The lowest BCUT2D eigenvalue weighted by molar-refractivity contribution is -0.130. The summed E-state index contributed by atoms with van der Waals surface area (Å²) in [7, 11) is 0. The second-order valence-corrected chi connectivity index (χ2v) is 5.71. The second-order valence-electron chi connectivity index (χ2n) is 4.30. The van der Waals surface area contributed by atoms with Crippen molar-refractivity contribution in [3.63, 3.8) is 0 Å². The van der Waals surface area contributed by atoms with Crippen LogP contribution in [0.1, 0.15) is 34.6 Å². The molecule has 1 atom stereocenters. The first-order valence-corrected chi connectivity index (χ1v) is 6.08. The lowest BCUT2D eigenvalue weighted by Crippen LogP contribution is -2.38. The Bertz CT molecular complexity index is 413. The summed E-state index contributed by atoms with van der Waals surface area (Å²) in [6, 6.07) is 0. The maximum Gasteiger partial charge on any atom is 0.241 e. The zero-order valence-electron chi connectivity index (χ0n) is 10.7. The predicted octanol–water partition coefficient (Wildman–Crippen LogP) is 1.67. The molecule has 0 spiro atoms. The molecule has 0 aromatic carbocycles. The van der Waals surface area contributed by atoms with Gasteiger partial charge in [-0.1, -0.05) is 17.3 Å². The summed E-state index contributed by atoms with van der Waals surface area (Å²) in [6.07, 6.45) is 1.96. The molecule has 0 aliphatic carbocycles. The number of hydrazone groups is 1. The summed E-state index contributed by atoms with van der Waals surface area (Å²) in [5, 5.41) is 8.56. The third-order valence-corrected chi connectivity index (χ3v) is 3.13. The van der Waals surface area contributed by atoms with E-state index in [-0.39, 0.29) is 11.8 Å². The number of thioether (sulfide) groups is 1. The number of allylic oxidation sites excluding steroid dienone is 1. The Kier molecular flexibility index (Phi) is 3.98. The molecular formula is C11H17N3O2S. The molecule has 1 rings (SSSR count). The Labute approximate surface area is 105 Å². The summed E-state index contributed by atoms with van der Waals surface area (Å²) >= 11 is 1.35. The van der Waals surface area contributed by atoms with Gasteiger partial charge in [-0.2, -0.15) is 0 Å². The Balaban J connectivity index is 3.01. The average molecular weight is 255 g/mol.